The van der Waals surface area contributed by atoms with Crippen molar-refractivity contribution in [2.75, 3.05) is 6.54 Å². The SMILES string of the molecule is CC(C)CC(NC(=O)CNC(=O)c1ccc(Br)o1)C(=O)O. The van der Waals surface area contributed by atoms with Gasteiger partial charge in [-0.3, -0.25) is 9.59 Å². The van der Waals surface area contributed by atoms with Gasteiger partial charge in [-0.25, -0.2) is 4.79 Å². The first-order chi connectivity index (χ1) is 9.79. The highest BCUT2D eigenvalue weighted by Crippen LogP contribution is 2.13. The monoisotopic (exact) mass is 360 g/mol. The fourth-order valence-electron chi connectivity index (χ4n) is 1.62. The summed E-state index contributed by atoms with van der Waals surface area (Å²) in [6.45, 7) is 3.40. The summed E-state index contributed by atoms with van der Waals surface area (Å²) in [5.41, 5.74) is 0. The molecule has 0 spiro atoms. The summed E-state index contributed by atoms with van der Waals surface area (Å²) in [5.74, 6) is -2.03. The van der Waals surface area contributed by atoms with Gasteiger partial charge in [0.1, 0.15) is 6.04 Å². The number of furan rings is 1. The molecule has 0 fully saturated rings. The van der Waals surface area contributed by atoms with Crippen LogP contribution in [0.4, 0.5) is 0 Å². The van der Waals surface area contributed by atoms with E-state index in [0.717, 1.165) is 0 Å². The Morgan fingerprint density at radius 3 is 2.48 bits per heavy atom. The standard InChI is InChI=1S/C13H17BrN2O5/c1-7(2)5-8(13(19)20)16-11(17)6-15-12(18)9-3-4-10(14)21-9/h3-4,7-8H,5-6H2,1-2H3,(H,15,18)(H,16,17)(H,19,20). The molecule has 1 rings (SSSR count). The second kappa shape index (κ2) is 7.82. The largest absolute Gasteiger partial charge is 0.480 e. The van der Waals surface area contributed by atoms with Crippen LogP contribution in [-0.4, -0.2) is 35.5 Å². The van der Waals surface area contributed by atoms with E-state index in [-0.39, 0.29) is 18.2 Å². The maximum Gasteiger partial charge on any atom is 0.326 e. The predicted octanol–water partition coefficient (Wildman–Crippen LogP) is 1.39. The Hall–Kier alpha value is -1.83. The maximum atomic E-state index is 11.7. The number of hydrogen-bond donors (Lipinski definition) is 3. The molecule has 1 unspecified atom stereocenters. The second-order valence-corrected chi connectivity index (χ2v) is 5.66. The zero-order valence-electron chi connectivity index (χ0n) is 11.7. The smallest absolute Gasteiger partial charge is 0.326 e. The second-order valence-electron chi connectivity index (χ2n) is 4.87. The van der Waals surface area contributed by atoms with Crippen LogP contribution in [0.1, 0.15) is 30.8 Å². The first-order valence-corrected chi connectivity index (χ1v) is 7.14. The van der Waals surface area contributed by atoms with E-state index in [0.29, 0.717) is 11.1 Å². The van der Waals surface area contributed by atoms with Crippen LogP contribution in [0, 0.1) is 5.92 Å². The van der Waals surface area contributed by atoms with E-state index in [1.165, 1.54) is 6.07 Å². The molecule has 0 saturated carbocycles. The first-order valence-electron chi connectivity index (χ1n) is 6.35. The molecule has 21 heavy (non-hydrogen) atoms. The summed E-state index contributed by atoms with van der Waals surface area (Å²) in [5, 5.41) is 13.7. The molecule has 3 N–H and O–H groups in total. The third-order valence-electron chi connectivity index (χ3n) is 2.55. The van der Waals surface area contributed by atoms with E-state index in [9.17, 15) is 14.4 Å². The number of aliphatic carboxylic acids is 1. The molecule has 1 aromatic heterocycles. The summed E-state index contributed by atoms with van der Waals surface area (Å²) in [6, 6.07) is 2.04. The number of hydrogen-bond acceptors (Lipinski definition) is 4. The third-order valence-corrected chi connectivity index (χ3v) is 2.97. The molecule has 0 bridgehead atoms. The molecular weight excluding hydrogens is 344 g/mol. The van der Waals surface area contributed by atoms with Crippen molar-refractivity contribution < 1.29 is 23.9 Å². The van der Waals surface area contributed by atoms with Gasteiger partial charge in [-0.15, -0.1) is 0 Å². The van der Waals surface area contributed by atoms with Gasteiger partial charge in [0.25, 0.3) is 5.91 Å². The summed E-state index contributed by atoms with van der Waals surface area (Å²) in [7, 11) is 0. The summed E-state index contributed by atoms with van der Waals surface area (Å²) in [4.78, 5) is 34.3. The highest BCUT2D eigenvalue weighted by atomic mass is 79.9. The molecule has 116 valence electrons. The summed E-state index contributed by atoms with van der Waals surface area (Å²) in [6.07, 6.45) is 0.320. The Kier molecular flexibility index (Phi) is 6.41. The van der Waals surface area contributed by atoms with Crippen molar-refractivity contribution in [1.82, 2.24) is 10.6 Å². The van der Waals surface area contributed by atoms with Gasteiger partial charge in [-0.1, -0.05) is 13.8 Å². The third kappa shape index (κ3) is 5.99. The molecule has 0 saturated heterocycles. The number of halogens is 1. The van der Waals surface area contributed by atoms with Gasteiger partial charge >= 0.3 is 5.97 Å². The molecule has 0 radical (unpaired) electrons. The minimum absolute atomic E-state index is 0.0617. The number of carbonyl (C=O) groups is 3. The van der Waals surface area contributed by atoms with Gasteiger partial charge in [0.15, 0.2) is 10.4 Å². The van der Waals surface area contributed by atoms with Crippen LogP contribution in [-0.2, 0) is 9.59 Å². The predicted molar refractivity (Wildman–Crippen MR) is 77.8 cm³/mol. The quantitative estimate of drug-likeness (QED) is 0.680. The highest BCUT2D eigenvalue weighted by molar-refractivity contribution is 9.10. The van der Waals surface area contributed by atoms with Crippen molar-refractivity contribution in [2.24, 2.45) is 5.92 Å². The van der Waals surface area contributed by atoms with Crippen LogP contribution in [0.5, 0.6) is 0 Å². The lowest BCUT2D eigenvalue weighted by Gasteiger charge is -2.16. The molecule has 0 aliphatic rings. The molecule has 1 heterocycles. The number of amides is 2. The Bertz CT molecular complexity index is 526. The fraction of sp³-hybridized carbons (Fsp3) is 0.462. The Morgan fingerprint density at radius 1 is 1.33 bits per heavy atom. The number of carboxylic acids is 1. The first kappa shape index (κ1) is 17.2. The van der Waals surface area contributed by atoms with E-state index >= 15 is 0 Å². The number of carboxylic acid groups (broad SMARTS) is 1. The molecule has 8 heteroatoms. The lowest BCUT2D eigenvalue weighted by molar-refractivity contribution is -0.142. The number of rotatable bonds is 7. The zero-order chi connectivity index (χ0) is 16.0. The van der Waals surface area contributed by atoms with Crippen LogP contribution >= 0.6 is 15.9 Å². The fourth-order valence-corrected chi connectivity index (χ4v) is 1.93. The van der Waals surface area contributed by atoms with Gasteiger partial charge < -0.3 is 20.2 Å². The van der Waals surface area contributed by atoms with Crippen LogP contribution in [0.15, 0.2) is 21.2 Å². The highest BCUT2D eigenvalue weighted by Gasteiger charge is 2.21. The topological polar surface area (TPSA) is 109 Å². The van der Waals surface area contributed by atoms with Crippen LogP contribution in [0.25, 0.3) is 0 Å². The Labute approximate surface area is 130 Å². The van der Waals surface area contributed by atoms with Gasteiger partial charge in [0.2, 0.25) is 5.91 Å². The Balaban J connectivity index is 2.45. The van der Waals surface area contributed by atoms with Crippen molar-refractivity contribution >= 4 is 33.7 Å². The van der Waals surface area contributed by atoms with E-state index in [4.69, 9.17) is 9.52 Å². The van der Waals surface area contributed by atoms with E-state index in [1.807, 2.05) is 13.8 Å². The van der Waals surface area contributed by atoms with E-state index in [1.54, 1.807) is 6.07 Å². The minimum atomic E-state index is -1.10. The normalized spacial score (nSPS) is 12.0. The van der Waals surface area contributed by atoms with E-state index in [2.05, 4.69) is 26.6 Å². The van der Waals surface area contributed by atoms with Crippen LogP contribution in [0.3, 0.4) is 0 Å². The summed E-state index contributed by atoms with van der Waals surface area (Å²) >= 11 is 3.06. The summed E-state index contributed by atoms with van der Waals surface area (Å²) < 4.78 is 5.43. The van der Waals surface area contributed by atoms with Gasteiger partial charge in [-0.2, -0.15) is 0 Å². The lowest BCUT2D eigenvalue weighted by atomic mass is 10.0. The molecule has 7 nitrogen and oxygen atoms in total. The Morgan fingerprint density at radius 2 is 2.00 bits per heavy atom. The van der Waals surface area contributed by atoms with Crippen molar-refractivity contribution in [3.05, 3.63) is 22.6 Å². The molecule has 2 amide bonds. The van der Waals surface area contributed by atoms with Gasteiger partial charge in [0.05, 0.1) is 6.54 Å². The maximum absolute atomic E-state index is 11.7. The van der Waals surface area contributed by atoms with E-state index < -0.39 is 23.8 Å². The number of carbonyl (C=O) groups excluding carboxylic acids is 2. The molecule has 0 aliphatic carbocycles. The zero-order valence-corrected chi connectivity index (χ0v) is 13.3. The van der Waals surface area contributed by atoms with Crippen LogP contribution in [0.2, 0.25) is 0 Å². The van der Waals surface area contributed by atoms with Crippen LogP contribution < -0.4 is 10.6 Å². The van der Waals surface area contributed by atoms with Gasteiger partial charge in [0, 0.05) is 0 Å². The van der Waals surface area contributed by atoms with Gasteiger partial charge in [-0.05, 0) is 40.4 Å². The molecular formula is C13H17BrN2O5. The average molecular weight is 361 g/mol. The van der Waals surface area contributed by atoms with Crippen molar-refractivity contribution in [3.63, 3.8) is 0 Å². The average Bonchev–Trinajstić information content (AvgIpc) is 2.81. The molecule has 1 atom stereocenters. The minimum Gasteiger partial charge on any atom is -0.480 e. The van der Waals surface area contributed by atoms with Crippen molar-refractivity contribution in [1.29, 1.82) is 0 Å². The molecule has 1 aromatic rings. The molecule has 0 aliphatic heterocycles. The number of nitrogens with one attached hydrogen (secondary N) is 2. The van der Waals surface area contributed by atoms with Crippen molar-refractivity contribution in [3.8, 4) is 0 Å². The lowest BCUT2D eigenvalue weighted by Crippen LogP contribution is -2.46. The van der Waals surface area contributed by atoms with Crippen molar-refractivity contribution in [2.45, 2.75) is 26.3 Å². The molecule has 0 aromatic carbocycles.